The van der Waals surface area contributed by atoms with Crippen LogP contribution in [0.4, 0.5) is 0 Å². The maximum absolute atomic E-state index is 11.3. The number of amides is 1. The normalized spacial score (nSPS) is 20.9. The zero-order valence-electron chi connectivity index (χ0n) is 9.95. The Kier molecular flexibility index (Phi) is 6.58. The average molecular weight is 223 g/mol. The van der Waals surface area contributed by atoms with Crippen LogP contribution in [-0.2, 0) is 9.53 Å². The van der Waals surface area contributed by atoms with Gasteiger partial charge < -0.3 is 10.1 Å². The predicted molar refractivity (Wildman–Crippen MR) is 65.2 cm³/mol. The summed E-state index contributed by atoms with van der Waals surface area (Å²) in [5, 5.41) is 2.83. The number of allylic oxidation sites excluding steroid dienone is 3. The average Bonchev–Trinajstić information content (AvgIpc) is 2.79. The summed E-state index contributed by atoms with van der Waals surface area (Å²) in [5.74, 6) is -0.0448. The molecule has 0 aliphatic carbocycles. The highest BCUT2D eigenvalue weighted by Crippen LogP contribution is 2.10. The van der Waals surface area contributed by atoms with Crippen LogP contribution in [0.1, 0.15) is 32.6 Å². The van der Waals surface area contributed by atoms with Gasteiger partial charge in [0.25, 0.3) is 0 Å². The molecule has 3 nitrogen and oxygen atoms in total. The monoisotopic (exact) mass is 223 g/mol. The quantitative estimate of drug-likeness (QED) is 0.553. The van der Waals surface area contributed by atoms with E-state index in [1.807, 2.05) is 6.08 Å². The third kappa shape index (κ3) is 5.71. The first-order chi connectivity index (χ1) is 7.83. The number of carbonyl (C=O) groups excluding carboxylic acids is 1. The number of carbonyl (C=O) groups is 1. The van der Waals surface area contributed by atoms with Crippen LogP contribution >= 0.6 is 0 Å². The molecule has 1 fully saturated rings. The highest BCUT2D eigenvalue weighted by atomic mass is 16.5. The lowest BCUT2D eigenvalue weighted by atomic mass is 10.2. The second-order valence-corrected chi connectivity index (χ2v) is 3.96. The number of nitrogens with one attached hydrogen (secondary N) is 1. The molecule has 1 amide bonds. The molecule has 3 heteroatoms. The Balaban J connectivity index is 2.09. The van der Waals surface area contributed by atoms with Gasteiger partial charge >= 0.3 is 0 Å². The summed E-state index contributed by atoms with van der Waals surface area (Å²) < 4.78 is 5.41. The van der Waals surface area contributed by atoms with E-state index in [1.54, 1.807) is 12.2 Å². The van der Waals surface area contributed by atoms with Crippen LogP contribution in [0.2, 0.25) is 0 Å². The van der Waals surface area contributed by atoms with Crippen molar-refractivity contribution >= 4 is 5.91 Å². The molecule has 0 saturated carbocycles. The lowest BCUT2D eigenvalue weighted by Gasteiger charge is -2.08. The number of unbranched alkanes of at least 4 members (excludes halogenated alkanes) is 1. The van der Waals surface area contributed by atoms with Gasteiger partial charge in [-0.15, -0.1) is 0 Å². The van der Waals surface area contributed by atoms with Gasteiger partial charge in [-0.25, -0.2) is 0 Å². The van der Waals surface area contributed by atoms with Crippen LogP contribution < -0.4 is 5.32 Å². The highest BCUT2D eigenvalue weighted by Gasteiger charge is 2.15. The molecule has 1 rings (SSSR count). The number of hydrogen-bond donors (Lipinski definition) is 1. The van der Waals surface area contributed by atoms with E-state index in [0.29, 0.717) is 6.54 Å². The van der Waals surface area contributed by atoms with Gasteiger partial charge in [-0.2, -0.15) is 0 Å². The first kappa shape index (κ1) is 13.0. The molecule has 1 aliphatic rings. The Morgan fingerprint density at radius 2 is 2.38 bits per heavy atom. The van der Waals surface area contributed by atoms with E-state index in [2.05, 4.69) is 18.3 Å². The van der Waals surface area contributed by atoms with Crippen molar-refractivity contribution in [3.8, 4) is 0 Å². The maximum Gasteiger partial charge on any atom is 0.244 e. The Bertz CT molecular complexity index is 253. The van der Waals surface area contributed by atoms with Crippen LogP contribution in [0.5, 0.6) is 0 Å². The van der Waals surface area contributed by atoms with E-state index in [0.717, 1.165) is 32.3 Å². The largest absolute Gasteiger partial charge is 0.376 e. The van der Waals surface area contributed by atoms with Gasteiger partial charge in [0.2, 0.25) is 5.91 Å². The van der Waals surface area contributed by atoms with Crippen molar-refractivity contribution in [1.82, 2.24) is 5.32 Å². The van der Waals surface area contributed by atoms with Gasteiger partial charge in [-0.05, 0) is 19.3 Å². The molecule has 0 aromatic rings. The molecule has 1 atom stereocenters. The molecule has 1 N–H and O–H groups in total. The number of hydrogen-bond acceptors (Lipinski definition) is 2. The predicted octanol–water partition coefficient (Wildman–Crippen LogP) is 2.19. The molecule has 1 unspecified atom stereocenters. The summed E-state index contributed by atoms with van der Waals surface area (Å²) in [6.45, 7) is 3.58. The molecule has 1 aliphatic heterocycles. The van der Waals surface area contributed by atoms with E-state index in [4.69, 9.17) is 4.74 Å². The molecule has 0 aromatic heterocycles. The molecule has 0 bridgehead atoms. The van der Waals surface area contributed by atoms with Crippen LogP contribution in [-0.4, -0.2) is 25.2 Å². The Hall–Kier alpha value is -1.09. The van der Waals surface area contributed by atoms with Gasteiger partial charge in [0.05, 0.1) is 6.10 Å². The molecule has 90 valence electrons. The molecule has 1 heterocycles. The van der Waals surface area contributed by atoms with Crippen LogP contribution in [0.25, 0.3) is 0 Å². The summed E-state index contributed by atoms with van der Waals surface area (Å²) in [6, 6.07) is 0. The fourth-order valence-electron chi connectivity index (χ4n) is 1.56. The second kappa shape index (κ2) is 8.11. The van der Waals surface area contributed by atoms with Crippen molar-refractivity contribution in [2.45, 2.75) is 38.7 Å². The first-order valence-electron chi connectivity index (χ1n) is 6.05. The van der Waals surface area contributed by atoms with Gasteiger partial charge in [-0.3, -0.25) is 4.79 Å². The van der Waals surface area contributed by atoms with E-state index in [9.17, 15) is 4.79 Å². The zero-order chi connectivity index (χ0) is 11.6. The third-order valence-corrected chi connectivity index (χ3v) is 2.48. The summed E-state index contributed by atoms with van der Waals surface area (Å²) in [7, 11) is 0. The molecular formula is C13H21NO2. The fourth-order valence-corrected chi connectivity index (χ4v) is 1.56. The smallest absolute Gasteiger partial charge is 0.244 e. The van der Waals surface area contributed by atoms with E-state index in [-0.39, 0.29) is 12.0 Å². The topological polar surface area (TPSA) is 38.3 Å². The summed E-state index contributed by atoms with van der Waals surface area (Å²) in [4.78, 5) is 11.3. The molecule has 1 saturated heterocycles. The maximum atomic E-state index is 11.3. The van der Waals surface area contributed by atoms with Crippen LogP contribution in [0.15, 0.2) is 24.3 Å². The standard InChI is InChI=1S/C13H21NO2/c1-2-3-4-5-6-9-13(15)14-11-12-8-7-10-16-12/h4-6,9,12H,2-3,7-8,10-11H2,1H3,(H,14,15). The minimum atomic E-state index is -0.0448. The zero-order valence-corrected chi connectivity index (χ0v) is 9.95. The van der Waals surface area contributed by atoms with Crippen molar-refractivity contribution in [3.63, 3.8) is 0 Å². The molecule has 0 spiro atoms. The van der Waals surface area contributed by atoms with Crippen LogP contribution in [0, 0.1) is 0 Å². The van der Waals surface area contributed by atoms with E-state index < -0.39 is 0 Å². The van der Waals surface area contributed by atoms with E-state index in [1.165, 1.54) is 0 Å². The van der Waals surface area contributed by atoms with Crippen molar-refractivity contribution in [3.05, 3.63) is 24.3 Å². The van der Waals surface area contributed by atoms with Crippen molar-refractivity contribution in [2.24, 2.45) is 0 Å². The summed E-state index contributed by atoms with van der Waals surface area (Å²) in [6.07, 6.45) is 11.9. The Morgan fingerprint density at radius 1 is 1.50 bits per heavy atom. The Labute approximate surface area is 97.6 Å². The second-order valence-electron chi connectivity index (χ2n) is 3.96. The van der Waals surface area contributed by atoms with Gasteiger partial charge in [-0.1, -0.05) is 31.6 Å². The third-order valence-electron chi connectivity index (χ3n) is 2.48. The SMILES string of the molecule is CCCC=CC=CC(=O)NCC1CCCO1. The Morgan fingerprint density at radius 3 is 3.06 bits per heavy atom. The lowest BCUT2D eigenvalue weighted by molar-refractivity contribution is -0.117. The number of rotatable bonds is 6. The van der Waals surface area contributed by atoms with Gasteiger partial charge in [0, 0.05) is 19.2 Å². The number of ether oxygens (including phenoxy) is 1. The summed E-state index contributed by atoms with van der Waals surface area (Å²) >= 11 is 0. The first-order valence-corrected chi connectivity index (χ1v) is 6.05. The minimum absolute atomic E-state index is 0.0448. The van der Waals surface area contributed by atoms with Crippen molar-refractivity contribution in [1.29, 1.82) is 0 Å². The molecular weight excluding hydrogens is 202 g/mol. The minimum Gasteiger partial charge on any atom is -0.376 e. The molecule has 0 radical (unpaired) electrons. The fraction of sp³-hybridized carbons (Fsp3) is 0.615. The lowest BCUT2D eigenvalue weighted by Crippen LogP contribution is -2.30. The molecule has 16 heavy (non-hydrogen) atoms. The molecule has 0 aromatic carbocycles. The van der Waals surface area contributed by atoms with Gasteiger partial charge in [0.15, 0.2) is 0 Å². The van der Waals surface area contributed by atoms with Crippen molar-refractivity contribution in [2.75, 3.05) is 13.2 Å². The van der Waals surface area contributed by atoms with Gasteiger partial charge in [0.1, 0.15) is 0 Å². The highest BCUT2D eigenvalue weighted by molar-refractivity contribution is 5.87. The summed E-state index contributed by atoms with van der Waals surface area (Å²) in [5.41, 5.74) is 0. The van der Waals surface area contributed by atoms with E-state index >= 15 is 0 Å². The van der Waals surface area contributed by atoms with Crippen LogP contribution in [0.3, 0.4) is 0 Å². The van der Waals surface area contributed by atoms with Crippen molar-refractivity contribution < 1.29 is 9.53 Å².